The molecule has 0 unspecified atom stereocenters. The molecule has 0 atom stereocenters. The van der Waals surface area contributed by atoms with E-state index < -0.39 is 0 Å². The number of carbonyl (C=O) groups excluding carboxylic acids is 1. The smallest absolute Gasteiger partial charge is 0.255 e. The van der Waals surface area contributed by atoms with E-state index in [4.69, 9.17) is 9.47 Å². The minimum atomic E-state index is -0.173. The van der Waals surface area contributed by atoms with Crippen LogP contribution in [0.15, 0.2) is 54.6 Å². The lowest BCUT2D eigenvalue weighted by molar-refractivity contribution is 0.0935. The third-order valence-electron chi connectivity index (χ3n) is 2.69. The highest BCUT2D eigenvalue weighted by molar-refractivity contribution is 5.97. The van der Waals surface area contributed by atoms with Crippen LogP contribution in [-0.2, 0) is 4.74 Å². The second kappa shape index (κ2) is 7.31. The van der Waals surface area contributed by atoms with Gasteiger partial charge in [0.1, 0.15) is 11.5 Å². The highest BCUT2D eigenvalue weighted by Gasteiger charge is 2.11. The molecule has 0 fully saturated rings. The number of hydrogen-bond acceptors (Lipinski definition) is 3. The summed E-state index contributed by atoms with van der Waals surface area (Å²) in [5, 5.41) is 2.78. The first-order valence-corrected chi connectivity index (χ1v) is 6.40. The van der Waals surface area contributed by atoms with Crippen molar-refractivity contribution in [1.29, 1.82) is 0 Å². The van der Waals surface area contributed by atoms with Crippen LogP contribution in [0.5, 0.6) is 11.5 Å². The zero-order chi connectivity index (χ0) is 14.2. The van der Waals surface area contributed by atoms with Gasteiger partial charge in [0.15, 0.2) is 0 Å². The molecule has 2 aromatic rings. The first-order valence-electron chi connectivity index (χ1n) is 6.40. The fraction of sp³-hybridized carbons (Fsp3) is 0.188. The van der Waals surface area contributed by atoms with Crippen molar-refractivity contribution in [2.75, 3.05) is 20.3 Å². The average Bonchev–Trinajstić information content (AvgIpc) is 2.49. The van der Waals surface area contributed by atoms with Crippen LogP contribution in [0, 0.1) is 0 Å². The number of rotatable bonds is 6. The van der Waals surface area contributed by atoms with Gasteiger partial charge in [0, 0.05) is 13.7 Å². The molecule has 0 saturated heterocycles. The van der Waals surface area contributed by atoms with Crippen molar-refractivity contribution in [1.82, 2.24) is 5.32 Å². The summed E-state index contributed by atoms with van der Waals surface area (Å²) in [5.74, 6) is 1.06. The number of methoxy groups -OCH3 is 1. The Hall–Kier alpha value is -2.33. The molecule has 0 aliphatic rings. The van der Waals surface area contributed by atoms with E-state index in [-0.39, 0.29) is 5.91 Å². The van der Waals surface area contributed by atoms with E-state index >= 15 is 0 Å². The quantitative estimate of drug-likeness (QED) is 0.822. The first-order chi connectivity index (χ1) is 9.81. The molecule has 1 amide bonds. The lowest BCUT2D eigenvalue weighted by Crippen LogP contribution is -2.27. The molecular weight excluding hydrogens is 254 g/mol. The Balaban J connectivity index is 2.11. The van der Waals surface area contributed by atoms with Crippen LogP contribution in [0.1, 0.15) is 10.4 Å². The largest absolute Gasteiger partial charge is 0.457 e. The third-order valence-corrected chi connectivity index (χ3v) is 2.69. The van der Waals surface area contributed by atoms with Gasteiger partial charge < -0.3 is 14.8 Å². The summed E-state index contributed by atoms with van der Waals surface area (Å²) >= 11 is 0. The Labute approximate surface area is 118 Å². The van der Waals surface area contributed by atoms with Crippen molar-refractivity contribution in [2.24, 2.45) is 0 Å². The molecule has 0 radical (unpaired) electrons. The zero-order valence-corrected chi connectivity index (χ0v) is 11.3. The first kappa shape index (κ1) is 14.1. The van der Waals surface area contributed by atoms with E-state index in [9.17, 15) is 4.79 Å². The molecule has 2 rings (SSSR count). The minimum Gasteiger partial charge on any atom is -0.457 e. The second-order valence-corrected chi connectivity index (χ2v) is 4.16. The van der Waals surface area contributed by atoms with Crippen molar-refractivity contribution in [3.63, 3.8) is 0 Å². The molecule has 0 bridgehead atoms. The maximum absolute atomic E-state index is 12.1. The SMILES string of the molecule is COCCNC(=O)c1ccccc1Oc1ccccc1. The van der Waals surface area contributed by atoms with Crippen molar-refractivity contribution in [3.05, 3.63) is 60.2 Å². The number of carbonyl (C=O) groups is 1. The monoisotopic (exact) mass is 271 g/mol. The lowest BCUT2D eigenvalue weighted by Gasteiger charge is -2.11. The van der Waals surface area contributed by atoms with E-state index in [1.54, 1.807) is 19.2 Å². The molecule has 0 aliphatic heterocycles. The number of ether oxygens (including phenoxy) is 2. The van der Waals surface area contributed by atoms with Gasteiger partial charge in [-0.3, -0.25) is 4.79 Å². The van der Waals surface area contributed by atoms with Crippen LogP contribution in [-0.4, -0.2) is 26.2 Å². The van der Waals surface area contributed by atoms with E-state index in [1.807, 2.05) is 42.5 Å². The Kier molecular flexibility index (Phi) is 5.15. The third kappa shape index (κ3) is 3.83. The van der Waals surface area contributed by atoms with Crippen LogP contribution in [0.25, 0.3) is 0 Å². The summed E-state index contributed by atoms with van der Waals surface area (Å²) in [5.41, 5.74) is 0.507. The average molecular weight is 271 g/mol. The highest BCUT2D eigenvalue weighted by atomic mass is 16.5. The molecular formula is C16H17NO3. The second-order valence-electron chi connectivity index (χ2n) is 4.16. The summed E-state index contributed by atoms with van der Waals surface area (Å²) in [7, 11) is 1.60. The number of amides is 1. The van der Waals surface area contributed by atoms with Crippen LogP contribution in [0.3, 0.4) is 0 Å². The van der Waals surface area contributed by atoms with Gasteiger partial charge in [-0.05, 0) is 24.3 Å². The highest BCUT2D eigenvalue weighted by Crippen LogP contribution is 2.24. The fourth-order valence-electron chi connectivity index (χ4n) is 1.72. The van der Waals surface area contributed by atoms with Crippen LogP contribution < -0.4 is 10.1 Å². The van der Waals surface area contributed by atoms with Gasteiger partial charge in [-0.25, -0.2) is 0 Å². The van der Waals surface area contributed by atoms with Crippen molar-refractivity contribution in [2.45, 2.75) is 0 Å². The van der Waals surface area contributed by atoms with Gasteiger partial charge in [-0.2, -0.15) is 0 Å². The van der Waals surface area contributed by atoms with Crippen LogP contribution in [0.4, 0.5) is 0 Å². The van der Waals surface area contributed by atoms with Gasteiger partial charge in [0.25, 0.3) is 5.91 Å². The lowest BCUT2D eigenvalue weighted by atomic mass is 10.2. The Bertz CT molecular complexity index is 555. The summed E-state index contributed by atoms with van der Waals surface area (Å²) < 4.78 is 10.7. The van der Waals surface area contributed by atoms with Crippen molar-refractivity contribution >= 4 is 5.91 Å². The Morgan fingerprint density at radius 3 is 2.50 bits per heavy atom. The van der Waals surface area contributed by atoms with Crippen LogP contribution in [0.2, 0.25) is 0 Å². The summed E-state index contributed by atoms with van der Waals surface area (Å²) in [4.78, 5) is 12.1. The van der Waals surface area contributed by atoms with E-state index in [0.29, 0.717) is 30.2 Å². The van der Waals surface area contributed by atoms with E-state index in [1.165, 1.54) is 0 Å². The molecule has 0 aromatic heterocycles. The number of hydrogen-bond donors (Lipinski definition) is 1. The van der Waals surface area contributed by atoms with Gasteiger partial charge in [-0.1, -0.05) is 30.3 Å². The van der Waals surface area contributed by atoms with Gasteiger partial charge in [0.05, 0.1) is 12.2 Å². The Morgan fingerprint density at radius 1 is 1.05 bits per heavy atom. The van der Waals surface area contributed by atoms with Crippen molar-refractivity contribution in [3.8, 4) is 11.5 Å². The summed E-state index contributed by atoms with van der Waals surface area (Å²) in [6.07, 6.45) is 0. The minimum absolute atomic E-state index is 0.173. The zero-order valence-electron chi connectivity index (χ0n) is 11.3. The molecule has 2 aromatic carbocycles. The van der Waals surface area contributed by atoms with Gasteiger partial charge >= 0.3 is 0 Å². The molecule has 0 aliphatic carbocycles. The fourth-order valence-corrected chi connectivity index (χ4v) is 1.72. The molecule has 4 heteroatoms. The maximum atomic E-state index is 12.1. The normalized spacial score (nSPS) is 10.1. The maximum Gasteiger partial charge on any atom is 0.255 e. The molecule has 1 N–H and O–H groups in total. The summed E-state index contributed by atoms with van der Waals surface area (Å²) in [6.45, 7) is 0.947. The van der Waals surface area contributed by atoms with E-state index in [2.05, 4.69) is 5.32 Å². The predicted octanol–water partition coefficient (Wildman–Crippen LogP) is 2.86. The Morgan fingerprint density at radius 2 is 1.75 bits per heavy atom. The topological polar surface area (TPSA) is 47.6 Å². The molecule has 104 valence electrons. The molecule has 20 heavy (non-hydrogen) atoms. The standard InChI is InChI=1S/C16H17NO3/c1-19-12-11-17-16(18)14-9-5-6-10-15(14)20-13-7-3-2-4-8-13/h2-10H,11-12H2,1H3,(H,17,18). The summed E-state index contributed by atoms with van der Waals surface area (Å²) in [6, 6.07) is 16.5. The number of nitrogens with one attached hydrogen (secondary N) is 1. The van der Waals surface area contributed by atoms with Gasteiger partial charge in [0.2, 0.25) is 0 Å². The van der Waals surface area contributed by atoms with E-state index in [0.717, 1.165) is 0 Å². The molecule has 0 saturated carbocycles. The van der Waals surface area contributed by atoms with Gasteiger partial charge in [-0.15, -0.1) is 0 Å². The predicted molar refractivity (Wildman–Crippen MR) is 77.2 cm³/mol. The van der Waals surface area contributed by atoms with Crippen molar-refractivity contribution < 1.29 is 14.3 Å². The molecule has 4 nitrogen and oxygen atoms in total. The molecule has 0 heterocycles. The number of para-hydroxylation sites is 2. The number of benzene rings is 2. The molecule has 0 spiro atoms. The van der Waals surface area contributed by atoms with Crippen LogP contribution >= 0.6 is 0 Å².